The van der Waals surface area contributed by atoms with Crippen molar-refractivity contribution < 1.29 is 13.9 Å². The first-order valence-electron chi connectivity index (χ1n) is 11.0. The summed E-state index contributed by atoms with van der Waals surface area (Å²) in [5.41, 5.74) is 2.42. The molecule has 0 N–H and O–H groups in total. The summed E-state index contributed by atoms with van der Waals surface area (Å²) in [5, 5.41) is 0.806. The number of nitrogens with zero attached hydrogens (tertiary/aromatic N) is 4. The van der Waals surface area contributed by atoms with Gasteiger partial charge in [-0.25, -0.2) is 4.98 Å². The third kappa shape index (κ3) is 5.95. The number of hydrogen-bond donors (Lipinski definition) is 0. The summed E-state index contributed by atoms with van der Waals surface area (Å²) in [6, 6.07) is 12.2. The van der Waals surface area contributed by atoms with E-state index in [1.54, 1.807) is 6.26 Å². The molecule has 7 nitrogen and oxygen atoms in total. The van der Waals surface area contributed by atoms with Crippen molar-refractivity contribution in [1.29, 1.82) is 0 Å². The van der Waals surface area contributed by atoms with Crippen molar-refractivity contribution in [2.24, 2.45) is 0 Å². The number of morpholine rings is 1. The highest BCUT2D eigenvalue weighted by Gasteiger charge is 2.26. The molecular weight excluding hydrogens is 424 g/mol. The van der Waals surface area contributed by atoms with Crippen molar-refractivity contribution in [1.82, 2.24) is 14.3 Å². The Morgan fingerprint density at radius 3 is 2.62 bits per heavy atom. The highest BCUT2D eigenvalue weighted by atomic mass is 32.1. The molecule has 32 heavy (non-hydrogen) atoms. The second-order valence-corrected chi connectivity index (χ2v) is 9.19. The molecule has 8 heteroatoms. The lowest BCUT2D eigenvalue weighted by Gasteiger charge is -2.35. The number of amides is 1. The molecule has 170 valence electrons. The van der Waals surface area contributed by atoms with Crippen LogP contribution in [-0.4, -0.2) is 52.0 Å². The van der Waals surface area contributed by atoms with Crippen LogP contribution in [0.4, 0.5) is 5.13 Å². The molecule has 0 bridgehead atoms. The standard InChI is InChI=1S/C24H30N4O3S/c1-17-6-8-20(9-7-17)13-22-25-24(32-26-22)27(16-21-5-4-12-30-21)11-10-23(29)28-14-18(2)31-19(3)15-28/h4-9,12,18-19H,10-11,13-16H2,1-3H3. The maximum Gasteiger partial charge on any atom is 0.224 e. The monoisotopic (exact) mass is 454 g/mol. The van der Waals surface area contributed by atoms with E-state index >= 15 is 0 Å². The highest BCUT2D eigenvalue weighted by molar-refractivity contribution is 7.09. The number of anilines is 1. The summed E-state index contributed by atoms with van der Waals surface area (Å²) >= 11 is 1.37. The molecule has 1 fully saturated rings. The molecule has 4 rings (SSSR count). The van der Waals surface area contributed by atoms with Crippen LogP contribution in [-0.2, 0) is 22.5 Å². The predicted octanol–water partition coefficient (Wildman–Crippen LogP) is 4.06. The summed E-state index contributed by atoms with van der Waals surface area (Å²) in [7, 11) is 0. The van der Waals surface area contributed by atoms with E-state index in [0.29, 0.717) is 39.0 Å². The number of benzene rings is 1. The second kappa shape index (κ2) is 10.3. The van der Waals surface area contributed by atoms with Gasteiger partial charge in [-0.05, 0) is 38.5 Å². The van der Waals surface area contributed by atoms with Crippen molar-refractivity contribution in [3.05, 3.63) is 65.4 Å². The van der Waals surface area contributed by atoms with E-state index in [9.17, 15) is 4.79 Å². The van der Waals surface area contributed by atoms with Gasteiger partial charge in [-0.1, -0.05) is 29.8 Å². The molecule has 3 aromatic rings. The molecule has 2 atom stereocenters. The molecule has 1 amide bonds. The van der Waals surface area contributed by atoms with Gasteiger partial charge in [-0.15, -0.1) is 0 Å². The minimum absolute atomic E-state index is 0.0643. The predicted molar refractivity (Wildman–Crippen MR) is 125 cm³/mol. The third-order valence-electron chi connectivity index (χ3n) is 5.51. The molecular formula is C24H30N4O3S. The summed E-state index contributed by atoms with van der Waals surface area (Å²) in [6.07, 6.45) is 2.89. The highest BCUT2D eigenvalue weighted by Crippen LogP contribution is 2.22. The van der Waals surface area contributed by atoms with Crippen LogP contribution in [0.25, 0.3) is 0 Å². The minimum atomic E-state index is 0.0643. The summed E-state index contributed by atoms with van der Waals surface area (Å²) in [4.78, 5) is 21.7. The van der Waals surface area contributed by atoms with E-state index in [0.717, 1.165) is 16.7 Å². The Labute approximate surface area is 193 Å². The van der Waals surface area contributed by atoms with Gasteiger partial charge in [0.15, 0.2) is 0 Å². The molecule has 3 heterocycles. The molecule has 2 aromatic heterocycles. The smallest absolute Gasteiger partial charge is 0.224 e. The van der Waals surface area contributed by atoms with E-state index in [1.165, 1.54) is 22.7 Å². The first kappa shape index (κ1) is 22.5. The average Bonchev–Trinajstić information content (AvgIpc) is 3.44. The fourth-order valence-electron chi connectivity index (χ4n) is 3.94. The fourth-order valence-corrected chi connectivity index (χ4v) is 4.65. The van der Waals surface area contributed by atoms with Crippen LogP contribution in [0.2, 0.25) is 0 Å². The van der Waals surface area contributed by atoms with Crippen LogP contribution < -0.4 is 4.90 Å². The van der Waals surface area contributed by atoms with Crippen LogP contribution in [0, 0.1) is 6.92 Å². The van der Waals surface area contributed by atoms with Gasteiger partial charge in [-0.3, -0.25) is 4.79 Å². The number of aryl methyl sites for hydroxylation is 1. The van der Waals surface area contributed by atoms with Crippen molar-refractivity contribution in [2.45, 2.75) is 52.4 Å². The summed E-state index contributed by atoms with van der Waals surface area (Å²) in [6.45, 7) is 8.48. The number of furan rings is 1. The van der Waals surface area contributed by atoms with Crippen LogP contribution in [0.15, 0.2) is 47.1 Å². The Bertz CT molecular complexity index is 993. The SMILES string of the molecule is Cc1ccc(Cc2nsc(N(CCC(=O)N3CC(C)OC(C)C3)Cc3ccco3)n2)cc1. The van der Waals surface area contributed by atoms with Crippen molar-refractivity contribution in [3.63, 3.8) is 0 Å². The van der Waals surface area contributed by atoms with E-state index in [2.05, 4.69) is 40.5 Å². The van der Waals surface area contributed by atoms with Gasteiger partial charge in [0, 0.05) is 44.0 Å². The summed E-state index contributed by atoms with van der Waals surface area (Å²) in [5.74, 6) is 1.77. The molecule has 1 aromatic carbocycles. The first-order valence-corrected chi connectivity index (χ1v) is 11.8. The quantitative estimate of drug-likeness (QED) is 0.511. The van der Waals surface area contributed by atoms with Crippen LogP contribution in [0.1, 0.15) is 43.0 Å². The molecule has 1 saturated heterocycles. The minimum Gasteiger partial charge on any atom is -0.467 e. The molecule has 0 radical (unpaired) electrons. The van der Waals surface area contributed by atoms with Gasteiger partial charge in [0.1, 0.15) is 11.6 Å². The number of hydrogen-bond acceptors (Lipinski definition) is 7. The number of carbonyl (C=O) groups is 1. The largest absolute Gasteiger partial charge is 0.467 e. The molecule has 1 aliphatic rings. The van der Waals surface area contributed by atoms with Gasteiger partial charge in [-0.2, -0.15) is 4.37 Å². The van der Waals surface area contributed by atoms with Gasteiger partial charge >= 0.3 is 0 Å². The zero-order chi connectivity index (χ0) is 22.5. The first-order chi connectivity index (χ1) is 15.5. The van der Waals surface area contributed by atoms with E-state index < -0.39 is 0 Å². The Morgan fingerprint density at radius 1 is 1.19 bits per heavy atom. The molecule has 2 unspecified atom stereocenters. The Balaban J connectivity index is 1.43. The van der Waals surface area contributed by atoms with E-state index in [1.807, 2.05) is 30.9 Å². The Morgan fingerprint density at radius 2 is 1.94 bits per heavy atom. The van der Waals surface area contributed by atoms with E-state index in [-0.39, 0.29) is 18.1 Å². The molecule has 0 spiro atoms. The topological polar surface area (TPSA) is 71.7 Å². The molecule has 0 aliphatic carbocycles. The number of aromatic nitrogens is 2. The van der Waals surface area contributed by atoms with Crippen LogP contribution in [0.3, 0.4) is 0 Å². The zero-order valence-electron chi connectivity index (χ0n) is 18.9. The van der Waals surface area contributed by atoms with E-state index in [4.69, 9.17) is 14.1 Å². The zero-order valence-corrected chi connectivity index (χ0v) is 19.7. The number of rotatable bonds is 8. The molecule has 1 aliphatic heterocycles. The van der Waals surface area contributed by atoms with Gasteiger partial charge in [0.2, 0.25) is 11.0 Å². The Kier molecular flexibility index (Phi) is 7.22. The van der Waals surface area contributed by atoms with Gasteiger partial charge in [0.05, 0.1) is 25.0 Å². The van der Waals surface area contributed by atoms with Crippen LogP contribution in [0.5, 0.6) is 0 Å². The lowest BCUT2D eigenvalue weighted by molar-refractivity contribution is -0.143. The maximum atomic E-state index is 12.9. The molecule has 0 saturated carbocycles. The van der Waals surface area contributed by atoms with Crippen molar-refractivity contribution in [3.8, 4) is 0 Å². The lowest BCUT2D eigenvalue weighted by atomic mass is 10.1. The fraction of sp³-hybridized carbons (Fsp3) is 0.458. The normalized spacial score (nSPS) is 18.7. The maximum absolute atomic E-state index is 12.9. The van der Waals surface area contributed by atoms with Gasteiger partial charge < -0.3 is 19.0 Å². The van der Waals surface area contributed by atoms with Crippen molar-refractivity contribution >= 4 is 22.6 Å². The van der Waals surface area contributed by atoms with Gasteiger partial charge in [0.25, 0.3) is 0 Å². The summed E-state index contributed by atoms with van der Waals surface area (Å²) < 4.78 is 15.9. The third-order valence-corrected chi connectivity index (χ3v) is 6.32. The number of carbonyl (C=O) groups excluding carboxylic acids is 1. The van der Waals surface area contributed by atoms with Crippen molar-refractivity contribution in [2.75, 3.05) is 24.5 Å². The average molecular weight is 455 g/mol. The van der Waals surface area contributed by atoms with Crippen LogP contribution >= 0.6 is 11.5 Å². The Hall–Kier alpha value is -2.71. The number of ether oxygens (including phenoxy) is 1. The lowest BCUT2D eigenvalue weighted by Crippen LogP contribution is -2.48. The second-order valence-electron chi connectivity index (χ2n) is 8.46.